The monoisotopic (exact) mass is 816 g/mol. The molecule has 0 unspecified atom stereocenters. The molecule has 64 heavy (non-hydrogen) atoms. The van der Waals surface area contributed by atoms with E-state index in [-0.39, 0.29) is 0 Å². The normalized spacial score (nSPS) is 12.1. The zero-order valence-electron chi connectivity index (χ0n) is 34.5. The molecule has 14 rings (SSSR count). The third-order valence-corrected chi connectivity index (χ3v) is 13.3. The second-order valence-electron chi connectivity index (χ2n) is 16.8. The van der Waals surface area contributed by atoms with Gasteiger partial charge in [-0.3, -0.25) is 0 Å². The third-order valence-electron chi connectivity index (χ3n) is 13.3. The molecule has 4 nitrogen and oxygen atoms in total. The Hall–Kier alpha value is -8.60. The molecular formula is C60H36N2O2. The van der Waals surface area contributed by atoms with Gasteiger partial charge in [0.05, 0.1) is 22.1 Å². The first kappa shape index (κ1) is 35.0. The lowest BCUT2D eigenvalue weighted by molar-refractivity contribution is 0.664. The summed E-state index contributed by atoms with van der Waals surface area (Å²) in [4.78, 5) is 0. The standard InChI is InChI=1S/C60H36N2O2/c1-3-15-37(16-4-1)39-31-40(38-17-5-2-6-18-38)33-41(32-39)58-59-50-35-43(62-53-25-13-9-21-46(53)47-22-10-14-26-54(47)62)28-30-56(50)63-57(59)36-49-48-34-42(27-29-55(48)64-60(49)58)61-51-23-11-7-19-44(51)45-20-8-12-24-52(45)61/h1-36H. The Bertz CT molecular complexity index is 4010. The van der Waals surface area contributed by atoms with E-state index in [9.17, 15) is 0 Å². The van der Waals surface area contributed by atoms with Gasteiger partial charge in [0.15, 0.2) is 0 Å². The first-order valence-electron chi connectivity index (χ1n) is 21.8. The molecule has 0 aliphatic heterocycles. The van der Waals surface area contributed by atoms with E-state index in [1.807, 2.05) is 0 Å². The topological polar surface area (TPSA) is 36.1 Å². The number of hydrogen-bond donors (Lipinski definition) is 0. The molecule has 0 aliphatic rings. The van der Waals surface area contributed by atoms with Gasteiger partial charge in [-0.15, -0.1) is 0 Å². The Morgan fingerprint density at radius 3 is 1.19 bits per heavy atom. The van der Waals surface area contributed by atoms with Crippen molar-refractivity contribution < 1.29 is 8.83 Å². The van der Waals surface area contributed by atoms with Crippen LogP contribution >= 0.6 is 0 Å². The molecular weight excluding hydrogens is 781 g/mol. The molecule has 0 amide bonds. The van der Waals surface area contributed by atoms with E-state index in [1.54, 1.807) is 0 Å². The van der Waals surface area contributed by atoms with Crippen LogP contribution in [-0.4, -0.2) is 9.13 Å². The fourth-order valence-corrected chi connectivity index (χ4v) is 10.5. The van der Waals surface area contributed by atoms with Gasteiger partial charge in [-0.25, -0.2) is 0 Å². The molecule has 4 heteroatoms. The fourth-order valence-electron chi connectivity index (χ4n) is 10.5. The lowest BCUT2D eigenvalue weighted by Crippen LogP contribution is -1.93. The SMILES string of the molecule is c1ccc(-c2cc(-c3ccccc3)cc(-c3c4oc5ccc(-n6c7ccccc7c7ccccc76)cc5c4cc4oc5ccc(-n6c7ccccc7c7ccccc76)cc5c34)c2)cc1. The van der Waals surface area contributed by atoms with Crippen molar-refractivity contribution in [3.63, 3.8) is 0 Å². The van der Waals surface area contributed by atoms with Gasteiger partial charge >= 0.3 is 0 Å². The van der Waals surface area contributed by atoms with Gasteiger partial charge in [-0.05, 0) is 113 Å². The van der Waals surface area contributed by atoms with E-state index in [4.69, 9.17) is 8.83 Å². The van der Waals surface area contributed by atoms with Crippen LogP contribution in [0.3, 0.4) is 0 Å². The van der Waals surface area contributed by atoms with Crippen molar-refractivity contribution in [1.29, 1.82) is 0 Å². The predicted molar refractivity (Wildman–Crippen MR) is 266 cm³/mol. The minimum atomic E-state index is 0.813. The van der Waals surface area contributed by atoms with E-state index in [0.717, 1.165) is 99.7 Å². The van der Waals surface area contributed by atoms with Crippen LogP contribution in [0.1, 0.15) is 0 Å². The van der Waals surface area contributed by atoms with Crippen LogP contribution in [-0.2, 0) is 0 Å². The zero-order valence-corrected chi connectivity index (χ0v) is 34.5. The number of aromatic nitrogens is 2. The van der Waals surface area contributed by atoms with Gasteiger partial charge in [-0.1, -0.05) is 133 Å². The predicted octanol–water partition coefficient (Wildman–Crippen LogP) is 16.7. The fraction of sp³-hybridized carbons (Fsp3) is 0. The Morgan fingerprint density at radius 1 is 0.266 bits per heavy atom. The number of para-hydroxylation sites is 4. The Labute approximate surface area is 367 Å². The number of nitrogens with zero attached hydrogens (tertiary/aromatic N) is 2. The van der Waals surface area contributed by atoms with Crippen molar-refractivity contribution in [1.82, 2.24) is 9.13 Å². The van der Waals surface area contributed by atoms with Crippen LogP contribution < -0.4 is 0 Å². The Kier molecular flexibility index (Phi) is 7.36. The Balaban J connectivity index is 1.09. The number of benzene rings is 10. The average molecular weight is 817 g/mol. The minimum Gasteiger partial charge on any atom is -0.456 e. The van der Waals surface area contributed by atoms with E-state index in [0.29, 0.717) is 0 Å². The highest BCUT2D eigenvalue weighted by Crippen LogP contribution is 2.48. The molecule has 0 spiro atoms. The number of hydrogen-bond acceptors (Lipinski definition) is 2. The second kappa shape index (κ2) is 13.4. The highest BCUT2D eigenvalue weighted by Gasteiger charge is 2.24. The number of rotatable bonds is 5. The smallest absolute Gasteiger partial charge is 0.144 e. The first-order chi connectivity index (χ1) is 31.7. The Morgan fingerprint density at radius 2 is 0.688 bits per heavy atom. The lowest BCUT2D eigenvalue weighted by atomic mass is 9.90. The van der Waals surface area contributed by atoms with Crippen LogP contribution in [0.2, 0.25) is 0 Å². The lowest BCUT2D eigenvalue weighted by Gasteiger charge is -2.13. The maximum Gasteiger partial charge on any atom is 0.144 e. The highest BCUT2D eigenvalue weighted by atomic mass is 16.3. The molecule has 0 aliphatic carbocycles. The summed E-state index contributed by atoms with van der Waals surface area (Å²) in [6, 6.07) is 78.4. The third kappa shape index (κ3) is 5.11. The highest BCUT2D eigenvalue weighted by molar-refractivity contribution is 6.24. The minimum absolute atomic E-state index is 0.813. The molecule has 4 aromatic heterocycles. The molecule has 298 valence electrons. The molecule has 0 fully saturated rings. The van der Waals surface area contributed by atoms with Gasteiger partial charge in [0.2, 0.25) is 0 Å². The molecule has 10 aromatic carbocycles. The van der Waals surface area contributed by atoms with E-state index in [2.05, 4.69) is 228 Å². The first-order valence-corrected chi connectivity index (χ1v) is 21.8. The van der Waals surface area contributed by atoms with Crippen molar-refractivity contribution in [3.8, 4) is 44.8 Å². The summed E-state index contributed by atoms with van der Waals surface area (Å²) in [5.74, 6) is 0. The van der Waals surface area contributed by atoms with E-state index >= 15 is 0 Å². The summed E-state index contributed by atoms with van der Waals surface area (Å²) >= 11 is 0. The van der Waals surface area contributed by atoms with Crippen molar-refractivity contribution >= 4 is 87.5 Å². The van der Waals surface area contributed by atoms with Gasteiger partial charge in [0.25, 0.3) is 0 Å². The maximum absolute atomic E-state index is 7.16. The van der Waals surface area contributed by atoms with Crippen molar-refractivity contribution in [2.45, 2.75) is 0 Å². The van der Waals surface area contributed by atoms with Gasteiger partial charge in [0, 0.05) is 60.0 Å². The van der Waals surface area contributed by atoms with Crippen LogP contribution in [0.4, 0.5) is 0 Å². The maximum atomic E-state index is 7.16. The van der Waals surface area contributed by atoms with Crippen LogP contribution in [0, 0.1) is 0 Å². The largest absolute Gasteiger partial charge is 0.456 e. The molecule has 0 saturated heterocycles. The summed E-state index contributed by atoms with van der Waals surface area (Å²) in [6.07, 6.45) is 0. The van der Waals surface area contributed by atoms with Gasteiger partial charge in [0.1, 0.15) is 22.3 Å². The van der Waals surface area contributed by atoms with Crippen LogP contribution in [0.25, 0.3) is 132 Å². The summed E-state index contributed by atoms with van der Waals surface area (Å²) in [7, 11) is 0. The molecule has 0 bridgehead atoms. The summed E-state index contributed by atoms with van der Waals surface area (Å²) < 4.78 is 18.9. The molecule has 0 radical (unpaired) electrons. The van der Waals surface area contributed by atoms with Crippen molar-refractivity contribution in [2.75, 3.05) is 0 Å². The number of furan rings is 2. The summed E-state index contributed by atoms with van der Waals surface area (Å²) in [6.45, 7) is 0. The quantitative estimate of drug-likeness (QED) is 0.173. The van der Waals surface area contributed by atoms with E-state index < -0.39 is 0 Å². The summed E-state index contributed by atoms with van der Waals surface area (Å²) in [5.41, 5.74) is 16.7. The van der Waals surface area contributed by atoms with Gasteiger partial charge in [-0.2, -0.15) is 0 Å². The second-order valence-corrected chi connectivity index (χ2v) is 16.8. The van der Waals surface area contributed by atoms with Crippen molar-refractivity contribution in [2.24, 2.45) is 0 Å². The zero-order chi connectivity index (χ0) is 41.9. The molecule has 0 N–H and O–H groups in total. The molecule has 14 aromatic rings. The molecule has 0 saturated carbocycles. The van der Waals surface area contributed by atoms with Crippen LogP contribution in [0.5, 0.6) is 0 Å². The van der Waals surface area contributed by atoms with Gasteiger partial charge < -0.3 is 18.0 Å². The van der Waals surface area contributed by atoms with Crippen molar-refractivity contribution in [3.05, 3.63) is 218 Å². The molecule has 0 atom stereocenters. The van der Waals surface area contributed by atoms with Crippen LogP contribution in [0.15, 0.2) is 227 Å². The summed E-state index contributed by atoms with van der Waals surface area (Å²) in [5, 5.41) is 9.01. The number of fused-ring (bicyclic) bond motifs is 12. The van der Waals surface area contributed by atoms with E-state index in [1.165, 1.54) is 32.6 Å². The average Bonchev–Trinajstić information content (AvgIpc) is 4.11. The molecule has 4 heterocycles.